The van der Waals surface area contributed by atoms with Gasteiger partial charge in [0.25, 0.3) is 0 Å². The number of rotatable bonds is 6. The molecule has 1 heterocycles. The number of ketones is 1. The molecule has 0 radical (unpaired) electrons. The number of carbonyl (C=O) groups is 2. The highest BCUT2D eigenvalue weighted by Gasteiger charge is 2.43. The standard InChI is InChI=1S/C19H20F2N2O3/c1-13(24)11-19(7-2-3-8-19)18(25)26-12-15-6-9-23(22-15)17-5-4-14(20)10-16(17)21/h4-6,9-10H,2-3,7-8,11-12H2,1H3. The Morgan fingerprint density at radius 1 is 1.23 bits per heavy atom. The summed E-state index contributed by atoms with van der Waals surface area (Å²) in [5.41, 5.74) is -0.178. The Balaban J connectivity index is 1.67. The Bertz CT molecular complexity index is 826. The Morgan fingerprint density at radius 2 is 1.96 bits per heavy atom. The lowest BCUT2D eigenvalue weighted by molar-refractivity contribution is -0.159. The van der Waals surface area contributed by atoms with Crippen molar-refractivity contribution in [2.45, 2.75) is 45.6 Å². The van der Waals surface area contributed by atoms with Crippen molar-refractivity contribution in [1.29, 1.82) is 0 Å². The lowest BCUT2D eigenvalue weighted by Gasteiger charge is -2.25. The number of hydrogen-bond donors (Lipinski definition) is 0. The van der Waals surface area contributed by atoms with E-state index >= 15 is 0 Å². The fourth-order valence-electron chi connectivity index (χ4n) is 3.51. The van der Waals surface area contributed by atoms with E-state index in [1.807, 2.05) is 0 Å². The molecule has 1 aromatic carbocycles. The van der Waals surface area contributed by atoms with Gasteiger partial charge in [-0.05, 0) is 38.0 Å². The maximum absolute atomic E-state index is 13.8. The van der Waals surface area contributed by atoms with Crippen molar-refractivity contribution in [1.82, 2.24) is 9.78 Å². The highest BCUT2D eigenvalue weighted by atomic mass is 19.1. The van der Waals surface area contributed by atoms with Crippen LogP contribution in [-0.4, -0.2) is 21.5 Å². The van der Waals surface area contributed by atoms with E-state index in [2.05, 4.69) is 5.10 Å². The molecule has 1 aromatic heterocycles. The summed E-state index contributed by atoms with van der Waals surface area (Å²) in [6.45, 7) is 1.42. The third kappa shape index (κ3) is 3.81. The van der Waals surface area contributed by atoms with Gasteiger partial charge in [-0.2, -0.15) is 5.10 Å². The lowest BCUT2D eigenvalue weighted by Crippen LogP contribution is -2.32. The first-order valence-corrected chi connectivity index (χ1v) is 8.56. The molecule has 2 aromatic rings. The molecule has 0 amide bonds. The van der Waals surface area contributed by atoms with Crippen molar-refractivity contribution < 1.29 is 23.1 Å². The molecule has 0 bridgehead atoms. The smallest absolute Gasteiger partial charge is 0.312 e. The van der Waals surface area contributed by atoms with Gasteiger partial charge in [0.05, 0.1) is 5.41 Å². The molecule has 0 unspecified atom stereocenters. The van der Waals surface area contributed by atoms with Crippen LogP contribution in [0.5, 0.6) is 0 Å². The van der Waals surface area contributed by atoms with Crippen LogP contribution in [0.2, 0.25) is 0 Å². The van der Waals surface area contributed by atoms with Gasteiger partial charge < -0.3 is 4.74 Å². The number of aromatic nitrogens is 2. The monoisotopic (exact) mass is 362 g/mol. The van der Waals surface area contributed by atoms with Gasteiger partial charge in [-0.15, -0.1) is 0 Å². The molecular weight excluding hydrogens is 342 g/mol. The summed E-state index contributed by atoms with van der Waals surface area (Å²) in [6, 6.07) is 4.81. The Hall–Kier alpha value is -2.57. The quantitative estimate of drug-likeness (QED) is 0.735. The third-order valence-corrected chi connectivity index (χ3v) is 4.73. The first-order valence-electron chi connectivity index (χ1n) is 8.56. The Kier molecular flexibility index (Phi) is 5.15. The summed E-state index contributed by atoms with van der Waals surface area (Å²) in [4.78, 5) is 24.0. The summed E-state index contributed by atoms with van der Waals surface area (Å²) in [5, 5.41) is 4.16. The van der Waals surface area contributed by atoms with E-state index in [0.717, 1.165) is 25.0 Å². The van der Waals surface area contributed by atoms with Crippen LogP contribution in [0.25, 0.3) is 5.69 Å². The summed E-state index contributed by atoms with van der Waals surface area (Å²) < 4.78 is 33.5. The van der Waals surface area contributed by atoms with Crippen LogP contribution in [0.4, 0.5) is 8.78 Å². The number of esters is 1. The molecule has 1 aliphatic carbocycles. The van der Waals surface area contributed by atoms with E-state index in [4.69, 9.17) is 4.74 Å². The molecule has 0 atom stereocenters. The van der Waals surface area contributed by atoms with Gasteiger partial charge >= 0.3 is 5.97 Å². The van der Waals surface area contributed by atoms with Crippen LogP contribution >= 0.6 is 0 Å². The molecule has 0 saturated heterocycles. The first-order chi connectivity index (χ1) is 12.4. The summed E-state index contributed by atoms with van der Waals surface area (Å²) in [6.07, 6.45) is 4.82. The second-order valence-electron chi connectivity index (χ2n) is 6.79. The van der Waals surface area contributed by atoms with E-state index in [9.17, 15) is 18.4 Å². The second-order valence-corrected chi connectivity index (χ2v) is 6.79. The molecule has 1 fully saturated rings. The largest absolute Gasteiger partial charge is 0.459 e. The molecule has 0 spiro atoms. The molecular formula is C19H20F2N2O3. The van der Waals surface area contributed by atoms with Crippen molar-refractivity contribution in [3.05, 3.63) is 47.8 Å². The third-order valence-electron chi connectivity index (χ3n) is 4.73. The van der Waals surface area contributed by atoms with Crippen molar-refractivity contribution in [2.24, 2.45) is 5.41 Å². The average molecular weight is 362 g/mol. The maximum atomic E-state index is 13.8. The van der Waals surface area contributed by atoms with E-state index in [1.165, 1.54) is 23.9 Å². The van der Waals surface area contributed by atoms with Crippen molar-refractivity contribution in [3.8, 4) is 5.69 Å². The summed E-state index contributed by atoms with van der Waals surface area (Å²) >= 11 is 0. The number of halogens is 2. The molecule has 3 rings (SSSR count). The second kappa shape index (κ2) is 7.35. The van der Waals surface area contributed by atoms with Crippen LogP contribution in [0, 0.1) is 17.0 Å². The fraction of sp³-hybridized carbons (Fsp3) is 0.421. The van der Waals surface area contributed by atoms with Crippen LogP contribution in [0.1, 0.15) is 44.7 Å². The molecule has 1 saturated carbocycles. The molecule has 0 N–H and O–H groups in total. The van der Waals surface area contributed by atoms with Crippen LogP contribution < -0.4 is 0 Å². The normalized spacial score (nSPS) is 15.8. The number of benzene rings is 1. The number of ether oxygens (including phenoxy) is 1. The van der Waals surface area contributed by atoms with Gasteiger partial charge in [0, 0.05) is 18.7 Å². The van der Waals surface area contributed by atoms with Gasteiger partial charge in [0.2, 0.25) is 0 Å². The van der Waals surface area contributed by atoms with E-state index in [-0.39, 0.29) is 30.5 Å². The topological polar surface area (TPSA) is 61.2 Å². The van der Waals surface area contributed by atoms with Gasteiger partial charge in [-0.25, -0.2) is 13.5 Å². The van der Waals surface area contributed by atoms with E-state index < -0.39 is 17.0 Å². The molecule has 1 aliphatic rings. The highest BCUT2D eigenvalue weighted by Crippen LogP contribution is 2.42. The predicted molar refractivity (Wildman–Crippen MR) is 89.5 cm³/mol. The zero-order valence-electron chi connectivity index (χ0n) is 14.5. The van der Waals surface area contributed by atoms with Crippen LogP contribution in [0.3, 0.4) is 0 Å². The minimum absolute atomic E-state index is 0.0279. The zero-order valence-corrected chi connectivity index (χ0v) is 14.5. The summed E-state index contributed by atoms with van der Waals surface area (Å²) in [5.74, 6) is -1.81. The number of hydrogen-bond acceptors (Lipinski definition) is 4. The molecule has 7 heteroatoms. The van der Waals surface area contributed by atoms with Gasteiger partial charge in [0.15, 0.2) is 5.82 Å². The fourth-order valence-corrected chi connectivity index (χ4v) is 3.51. The van der Waals surface area contributed by atoms with E-state index in [0.29, 0.717) is 18.5 Å². The van der Waals surface area contributed by atoms with Crippen molar-refractivity contribution in [3.63, 3.8) is 0 Å². The predicted octanol–water partition coefficient (Wildman–Crippen LogP) is 3.73. The molecule has 5 nitrogen and oxygen atoms in total. The average Bonchev–Trinajstić information content (AvgIpc) is 3.22. The molecule has 138 valence electrons. The van der Waals surface area contributed by atoms with Crippen LogP contribution in [0.15, 0.2) is 30.5 Å². The Morgan fingerprint density at radius 3 is 2.62 bits per heavy atom. The van der Waals surface area contributed by atoms with Gasteiger partial charge in [0.1, 0.15) is 29.6 Å². The molecule has 26 heavy (non-hydrogen) atoms. The lowest BCUT2D eigenvalue weighted by atomic mass is 9.81. The van der Waals surface area contributed by atoms with Gasteiger partial charge in [-0.1, -0.05) is 12.8 Å². The minimum atomic E-state index is -0.733. The number of nitrogens with zero attached hydrogens (tertiary/aromatic N) is 2. The highest BCUT2D eigenvalue weighted by molar-refractivity contribution is 5.86. The van der Waals surface area contributed by atoms with E-state index in [1.54, 1.807) is 6.07 Å². The SMILES string of the molecule is CC(=O)CC1(C(=O)OCc2ccn(-c3ccc(F)cc3F)n2)CCCC1. The number of Topliss-reactive ketones (excluding diaryl/α,β-unsaturated/α-hetero) is 1. The van der Waals surface area contributed by atoms with Crippen molar-refractivity contribution in [2.75, 3.05) is 0 Å². The van der Waals surface area contributed by atoms with Crippen molar-refractivity contribution >= 4 is 11.8 Å². The zero-order chi connectivity index (χ0) is 18.7. The maximum Gasteiger partial charge on any atom is 0.312 e. The Labute approximate surface area is 150 Å². The summed E-state index contributed by atoms with van der Waals surface area (Å²) in [7, 11) is 0. The number of carbonyl (C=O) groups excluding carboxylic acids is 2. The van der Waals surface area contributed by atoms with Crippen LogP contribution in [-0.2, 0) is 20.9 Å². The van der Waals surface area contributed by atoms with Gasteiger partial charge in [-0.3, -0.25) is 9.59 Å². The minimum Gasteiger partial charge on any atom is -0.459 e. The first kappa shape index (κ1) is 18.2. The molecule has 0 aliphatic heterocycles.